The Kier molecular flexibility index (Phi) is 6.95. The van der Waals surface area contributed by atoms with Gasteiger partial charge in [0.15, 0.2) is 11.6 Å². The first kappa shape index (κ1) is 22.5. The third-order valence-electron chi connectivity index (χ3n) is 4.99. The van der Waals surface area contributed by atoms with E-state index in [2.05, 4.69) is 20.0 Å². The number of hydrogen-bond donors (Lipinski definition) is 0. The zero-order chi connectivity index (χ0) is 22.0. The average Bonchev–Trinajstić information content (AvgIpc) is 3.09. The Hall–Kier alpha value is -2.22. The summed E-state index contributed by atoms with van der Waals surface area (Å²) in [6, 6.07) is 4.91. The number of aliphatic imine (C=N–C) groups is 1. The van der Waals surface area contributed by atoms with E-state index < -0.39 is 5.97 Å². The van der Waals surface area contributed by atoms with Crippen LogP contribution in [-0.4, -0.2) is 47.4 Å². The topological polar surface area (TPSA) is 80.8 Å². The molecule has 30 heavy (non-hydrogen) atoms. The molecule has 0 amide bonds. The number of benzene rings is 1. The lowest BCUT2D eigenvalue weighted by Crippen LogP contribution is -2.33. The number of carbonyl (C=O) groups is 1. The molecule has 1 aliphatic rings. The van der Waals surface area contributed by atoms with Crippen molar-refractivity contribution in [2.75, 3.05) is 20.6 Å². The van der Waals surface area contributed by atoms with E-state index in [9.17, 15) is 4.79 Å². The SMILES string of the molecule is CC1=NC(C)=C(C(=O)Oc2cccc(Cl)c2Cl)C(CCN(C)C)C1c1nc(C)no1. The second-order valence-corrected chi connectivity index (χ2v) is 8.33. The van der Waals surface area contributed by atoms with E-state index in [1.54, 1.807) is 32.0 Å². The van der Waals surface area contributed by atoms with Crippen LogP contribution in [0.1, 0.15) is 37.9 Å². The van der Waals surface area contributed by atoms with Gasteiger partial charge in [-0.15, -0.1) is 0 Å². The first-order valence-corrected chi connectivity index (χ1v) is 10.3. The van der Waals surface area contributed by atoms with Gasteiger partial charge >= 0.3 is 5.97 Å². The number of carbonyl (C=O) groups excluding carboxylic acids is 1. The molecule has 0 spiro atoms. The van der Waals surface area contributed by atoms with Crippen LogP contribution in [0.2, 0.25) is 10.0 Å². The van der Waals surface area contributed by atoms with Crippen molar-refractivity contribution in [2.24, 2.45) is 10.9 Å². The number of nitrogens with zero attached hydrogens (tertiary/aromatic N) is 4. The van der Waals surface area contributed by atoms with Crippen molar-refractivity contribution in [3.8, 4) is 5.75 Å². The number of allylic oxidation sites excluding steroid dienone is 1. The molecule has 3 rings (SSSR count). The summed E-state index contributed by atoms with van der Waals surface area (Å²) in [5.74, 6) is 0.110. The molecule has 0 saturated carbocycles. The second-order valence-electron chi connectivity index (χ2n) is 7.55. The van der Waals surface area contributed by atoms with Crippen molar-refractivity contribution in [2.45, 2.75) is 33.1 Å². The van der Waals surface area contributed by atoms with E-state index in [-0.39, 0.29) is 22.6 Å². The molecule has 9 heteroatoms. The Balaban J connectivity index is 2.00. The summed E-state index contributed by atoms with van der Waals surface area (Å²) in [5.41, 5.74) is 1.89. The maximum absolute atomic E-state index is 13.3. The van der Waals surface area contributed by atoms with E-state index >= 15 is 0 Å². The van der Waals surface area contributed by atoms with Gasteiger partial charge in [-0.25, -0.2) is 4.79 Å². The molecule has 2 aromatic rings. The number of hydrogen-bond acceptors (Lipinski definition) is 7. The van der Waals surface area contributed by atoms with E-state index in [1.807, 2.05) is 21.0 Å². The van der Waals surface area contributed by atoms with Gasteiger partial charge in [0.2, 0.25) is 5.89 Å². The zero-order valence-corrected chi connectivity index (χ0v) is 19.1. The summed E-state index contributed by atoms with van der Waals surface area (Å²) in [6.07, 6.45) is 0.678. The van der Waals surface area contributed by atoms with Gasteiger partial charge in [0.05, 0.1) is 16.5 Å². The van der Waals surface area contributed by atoms with Crippen molar-refractivity contribution >= 4 is 34.9 Å². The molecule has 160 valence electrons. The van der Waals surface area contributed by atoms with Crippen molar-refractivity contribution in [3.05, 3.63) is 51.2 Å². The van der Waals surface area contributed by atoms with Gasteiger partial charge in [0.1, 0.15) is 5.02 Å². The van der Waals surface area contributed by atoms with Crippen molar-refractivity contribution in [1.82, 2.24) is 15.0 Å². The van der Waals surface area contributed by atoms with E-state index in [1.165, 1.54) is 0 Å². The molecule has 2 atom stereocenters. The Morgan fingerprint density at radius 3 is 2.60 bits per heavy atom. The number of esters is 1. The van der Waals surface area contributed by atoms with Crippen LogP contribution in [0.25, 0.3) is 0 Å². The van der Waals surface area contributed by atoms with Crippen molar-refractivity contribution < 1.29 is 14.1 Å². The third kappa shape index (κ3) is 4.74. The first-order valence-electron chi connectivity index (χ1n) is 9.56. The molecule has 7 nitrogen and oxygen atoms in total. The maximum Gasteiger partial charge on any atom is 0.341 e. The fourth-order valence-corrected chi connectivity index (χ4v) is 3.97. The molecule has 1 aromatic heterocycles. The molecule has 0 bridgehead atoms. The van der Waals surface area contributed by atoms with E-state index in [0.29, 0.717) is 34.4 Å². The molecule has 0 fully saturated rings. The summed E-state index contributed by atoms with van der Waals surface area (Å²) in [7, 11) is 3.96. The molecule has 0 radical (unpaired) electrons. The van der Waals surface area contributed by atoms with Crippen molar-refractivity contribution in [3.63, 3.8) is 0 Å². The largest absolute Gasteiger partial charge is 0.421 e. The first-order chi connectivity index (χ1) is 14.2. The quantitative estimate of drug-likeness (QED) is 0.468. The monoisotopic (exact) mass is 450 g/mol. The Morgan fingerprint density at radius 2 is 1.97 bits per heavy atom. The molecule has 0 N–H and O–H groups in total. The van der Waals surface area contributed by atoms with Crippen LogP contribution in [0.4, 0.5) is 0 Å². The van der Waals surface area contributed by atoms with Crippen molar-refractivity contribution in [1.29, 1.82) is 0 Å². The smallest absolute Gasteiger partial charge is 0.341 e. The molecule has 2 heterocycles. The molecule has 2 unspecified atom stereocenters. The highest BCUT2D eigenvalue weighted by Crippen LogP contribution is 2.40. The van der Waals surface area contributed by atoms with Gasteiger partial charge in [-0.1, -0.05) is 34.4 Å². The fraction of sp³-hybridized carbons (Fsp3) is 0.429. The highest BCUT2D eigenvalue weighted by Gasteiger charge is 2.40. The Morgan fingerprint density at radius 1 is 1.23 bits per heavy atom. The Labute approximate surface area is 185 Å². The van der Waals surface area contributed by atoms with Crippen LogP contribution in [0.3, 0.4) is 0 Å². The maximum atomic E-state index is 13.3. The van der Waals surface area contributed by atoms with E-state index in [0.717, 1.165) is 12.3 Å². The van der Waals surface area contributed by atoms with Gasteiger partial charge in [-0.2, -0.15) is 4.98 Å². The number of aryl methyl sites for hydroxylation is 1. The molecule has 1 aromatic carbocycles. The highest BCUT2D eigenvalue weighted by molar-refractivity contribution is 6.43. The van der Waals surface area contributed by atoms with Gasteiger partial charge < -0.3 is 14.2 Å². The average molecular weight is 451 g/mol. The lowest BCUT2D eigenvalue weighted by atomic mass is 9.77. The van der Waals surface area contributed by atoms with Crippen LogP contribution >= 0.6 is 23.2 Å². The lowest BCUT2D eigenvalue weighted by Gasteiger charge is -2.31. The third-order valence-corrected chi connectivity index (χ3v) is 5.79. The fourth-order valence-electron chi connectivity index (χ4n) is 3.64. The van der Waals surface area contributed by atoms with Crippen LogP contribution in [0.5, 0.6) is 5.75 Å². The minimum atomic E-state index is -0.516. The Bertz CT molecular complexity index is 1010. The minimum absolute atomic E-state index is 0.190. The van der Waals surface area contributed by atoms with Crippen LogP contribution in [0, 0.1) is 12.8 Å². The predicted octanol–water partition coefficient (Wildman–Crippen LogP) is 4.69. The number of halogens is 2. The number of aromatic nitrogens is 2. The molecule has 1 aliphatic heterocycles. The normalized spacial score (nSPS) is 19.3. The standard InChI is InChI=1S/C21H24Cl2N4O3/c1-11-17(20-25-13(3)26-30-20)14(9-10-27(4)5)18(12(2)24-11)21(28)29-16-8-6-7-15(22)19(16)23/h6-8,14,17H,9-10H2,1-5H3. The summed E-state index contributed by atoms with van der Waals surface area (Å²) in [5, 5.41) is 4.42. The van der Waals surface area contributed by atoms with Crippen LogP contribution in [0.15, 0.2) is 39.0 Å². The van der Waals surface area contributed by atoms with Gasteiger partial charge in [0, 0.05) is 17.3 Å². The molecular formula is C21H24Cl2N4O3. The highest BCUT2D eigenvalue weighted by atomic mass is 35.5. The predicted molar refractivity (Wildman–Crippen MR) is 116 cm³/mol. The summed E-state index contributed by atoms with van der Waals surface area (Å²) >= 11 is 12.3. The lowest BCUT2D eigenvalue weighted by molar-refractivity contribution is -0.131. The van der Waals surface area contributed by atoms with E-state index in [4.69, 9.17) is 32.5 Å². The van der Waals surface area contributed by atoms with Crippen LogP contribution in [-0.2, 0) is 4.79 Å². The van der Waals surface area contributed by atoms with Gasteiger partial charge in [0.25, 0.3) is 0 Å². The minimum Gasteiger partial charge on any atom is -0.421 e. The second kappa shape index (κ2) is 9.29. The van der Waals surface area contributed by atoms with Gasteiger partial charge in [-0.05, 0) is 60.0 Å². The van der Waals surface area contributed by atoms with Crippen LogP contribution < -0.4 is 4.74 Å². The molecule has 0 aliphatic carbocycles. The zero-order valence-electron chi connectivity index (χ0n) is 17.6. The summed E-state index contributed by atoms with van der Waals surface area (Å²) in [4.78, 5) is 24.3. The van der Waals surface area contributed by atoms with Gasteiger partial charge in [-0.3, -0.25) is 4.99 Å². The number of ether oxygens (including phenoxy) is 1. The molecular weight excluding hydrogens is 427 g/mol. The number of rotatable bonds is 6. The molecule has 0 saturated heterocycles. The summed E-state index contributed by atoms with van der Waals surface area (Å²) in [6.45, 7) is 6.22. The summed E-state index contributed by atoms with van der Waals surface area (Å²) < 4.78 is 11.1.